The van der Waals surface area contributed by atoms with Gasteiger partial charge in [-0.25, -0.2) is 0 Å². The molecule has 1 saturated heterocycles. The Labute approximate surface area is 188 Å². The lowest BCUT2D eigenvalue weighted by Gasteiger charge is -2.33. The van der Waals surface area contributed by atoms with E-state index in [1.54, 1.807) is 21.9 Å². The summed E-state index contributed by atoms with van der Waals surface area (Å²) in [5.74, 6) is -0.179. The molecule has 1 radical (unpaired) electrons. The van der Waals surface area contributed by atoms with E-state index in [0.717, 1.165) is 11.1 Å². The van der Waals surface area contributed by atoms with Gasteiger partial charge in [0.1, 0.15) is 0 Å². The van der Waals surface area contributed by atoms with Gasteiger partial charge in [0.05, 0.1) is 16.6 Å². The first-order valence-electron chi connectivity index (χ1n) is 10.6. The van der Waals surface area contributed by atoms with Crippen molar-refractivity contribution in [1.29, 1.82) is 0 Å². The quantitative estimate of drug-likeness (QED) is 0.413. The lowest BCUT2D eigenvalue weighted by molar-refractivity contribution is -0.384. The topological polar surface area (TPSA) is 83.8 Å². The van der Waals surface area contributed by atoms with Crippen LogP contribution in [-0.2, 0) is 15.0 Å². The molecule has 3 rings (SSSR count). The van der Waals surface area contributed by atoms with Gasteiger partial charge in [-0.3, -0.25) is 19.7 Å². The summed E-state index contributed by atoms with van der Waals surface area (Å²) in [6.45, 7) is 9.64. The van der Waals surface area contributed by atoms with Crippen LogP contribution in [0.5, 0.6) is 0 Å². The number of nitro benzene ring substituents is 1. The number of piperazine rings is 1. The lowest BCUT2D eigenvalue weighted by atomic mass is 9.80. The average molecular weight is 435 g/mol. The number of nitro groups is 1. The van der Waals surface area contributed by atoms with E-state index in [-0.39, 0.29) is 22.9 Å². The third-order valence-electron chi connectivity index (χ3n) is 5.64. The van der Waals surface area contributed by atoms with Crippen LogP contribution in [0.1, 0.15) is 38.8 Å². The molecule has 0 saturated carbocycles. The minimum Gasteiger partial charge on any atom is -0.339 e. The van der Waals surface area contributed by atoms with E-state index in [1.807, 2.05) is 24.3 Å². The number of amides is 2. The number of hydrogen-bond acceptors (Lipinski definition) is 4. The predicted molar refractivity (Wildman–Crippen MR) is 124 cm³/mol. The third-order valence-corrected chi connectivity index (χ3v) is 5.64. The number of hydrogen-bond donors (Lipinski definition) is 0. The number of nitrogens with zero attached hydrogens (tertiary/aromatic N) is 3. The Bertz CT molecular complexity index is 1060. The first-order valence-corrected chi connectivity index (χ1v) is 10.6. The highest BCUT2D eigenvalue weighted by Gasteiger charge is 2.26. The molecule has 2 amide bonds. The maximum atomic E-state index is 12.7. The molecular formula is C25H28N3O4. The molecule has 167 valence electrons. The van der Waals surface area contributed by atoms with Crippen LogP contribution in [0.25, 0.3) is 17.2 Å². The van der Waals surface area contributed by atoms with Crippen molar-refractivity contribution in [2.24, 2.45) is 0 Å². The van der Waals surface area contributed by atoms with E-state index in [4.69, 9.17) is 0 Å². The van der Waals surface area contributed by atoms with Crippen LogP contribution in [0.3, 0.4) is 0 Å². The summed E-state index contributed by atoms with van der Waals surface area (Å²) in [4.78, 5) is 39.0. The van der Waals surface area contributed by atoms with Crippen molar-refractivity contribution >= 4 is 23.6 Å². The molecule has 1 aliphatic heterocycles. The van der Waals surface area contributed by atoms with E-state index in [2.05, 4.69) is 26.8 Å². The predicted octanol–water partition coefficient (Wildman–Crippen LogP) is 4.06. The number of carbonyl (C=O) groups excluding carboxylic acids is 2. The van der Waals surface area contributed by atoms with Gasteiger partial charge in [-0.2, -0.15) is 0 Å². The van der Waals surface area contributed by atoms with E-state index >= 15 is 0 Å². The first kappa shape index (κ1) is 23.2. The number of rotatable bonds is 4. The Morgan fingerprint density at radius 2 is 1.69 bits per heavy atom. The summed E-state index contributed by atoms with van der Waals surface area (Å²) < 4.78 is 0. The standard InChI is InChI=1S/C25H28N3O4/c1-18(29)26-14-16-27(17-15-26)23(30)13-12-19-8-7-11-22(28(31)32)24(19)20-9-5-6-10-21(20)25(2,3)4/h5-10,12-13H,14-17H2,1-4H3/b13-12+. The van der Waals surface area contributed by atoms with Crippen LogP contribution in [0.15, 0.2) is 42.5 Å². The van der Waals surface area contributed by atoms with Gasteiger partial charge in [0.15, 0.2) is 0 Å². The molecule has 1 aliphatic rings. The largest absolute Gasteiger partial charge is 0.339 e. The molecular weight excluding hydrogens is 406 g/mol. The van der Waals surface area contributed by atoms with Gasteiger partial charge >= 0.3 is 0 Å². The molecule has 1 fully saturated rings. The first-order chi connectivity index (χ1) is 15.1. The molecule has 7 nitrogen and oxygen atoms in total. The Morgan fingerprint density at radius 1 is 1.06 bits per heavy atom. The summed E-state index contributed by atoms with van der Waals surface area (Å²) in [6.07, 6.45) is 3.08. The maximum absolute atomic E-state index is 12.7. The van der Waals surface area contributed by atoms with Gasteiger partial charge in [0.25, 0.3) is 5.69 Å². The summed E-state index contributed by atoms with van der Waals surface area (Å²) >= 11 is 0. The minimum absolute atomic E-state index is 0.00245. The van der Waals surface area contributed by atoms with Crippen molar-refractivity contribution in [3.8, 4) is 11.1 Å². The van der Waals surface area contributed by atoms with Gasteiger partial charge in [0, 0.05) is 39.2 Å². The Kier molecular flexibility index (Phi) is 6.77. The smallest absolute Gasteiger partial charge is 0.285 e. The van der Waals surface area contributed by atoms with Crippen LogP contribution in [0, 0.1) is 16.2 Å². The minimum atomic E-state index is -0.436. The van der Waals surface area contributed by atoms with Crippen LogP contribution in [0.4, 0.5) is 5.69 Å². The van der Waals surface area contributed by atoms with Gasteiger partial charge in [-0.15, -0.1) is 0 Å². The second-order valence-electron chi connectivity index (χ2n) is 8.87. The Hall–Kier alpha value is -3.48. The summed E-state index contributed by atoms with van der Waals surface area (Å²) in [5, 5.41) is 11.8. The van der Waals surface area contributed by atoms with Crippen molar-refractivity contribution in [3.63, 3.8) is 0 Å². The highest BCUT2D eigenvalue weighted by molar-refractivity contribution is 5.94. The molecule has 32 heavy (non-hydrogen) atoms. The lowest BCUT2D eigenvalue weighted by Crippen LogP contribution is -2.49. The highest BCUT2D eigenvalue weighted by atomic mass is 16.6. The zero-order valence-corrected chi connectivity index (χ0v) is 18.9. The monoisotopic (exact) mass is 434 g/mol. The number of benzene rings is 2. The van der Waals surface area contributed by atoms with Crippen LogP contribution in [0.2, 0.25) is 0 Å². The van der Waals surface area contributed by atoms with Gasteiger partial charge < -0.3 is 9.80 Å². The molecule has 0 spiro atoms. The van der Waals surface area contributed by atoms with Crippen molar-refractivity contribution in [3.05, 3.63) is 69.8 Å². The SMILES string of the molecule is CC(=O)N1CCN(C(=O)/C=C/c2cc[c]c([N+](=O)[O-])c2-c2ccccc2C(C)(C)C)CC1. The van der Waals surface area contributed by atoms with Crippen LogP contribution >= 0.6 is 0 Å². The van der Waals surface area contributed by atoms with E-state index in [1.165, 1.54) is 19.1 Å². The summed E-state index contributed by atoms with van der Waals surface area (Å²) in [7, 11) is 0. The molecule has 2 aromatic carbocycles. The Balaban J connectivity index is 1.98. The number of carbonyl (C=O) groups is 2. The second-order valence-corrected chi connectivity index (χ2v) is 8.87. The summed E-state index contributed by atoms with van der Waals surface area (Å²) in [6, 6.07) is 13.6. The highest BCUT2D eigenvalue weighted by Crippen LogP contribution is 2.39. The molecule has 1 heterocycles. The zero-order chi connectivity index (χ0) is 23.5. The molecule has 0 atom stereocenters. The van der Waals surface area contributed by atoms with E-state index < -0.39 is 4.92 Å². The normalized spacial score (nSPS) is 14.6. The molecule has 0 bridgehead atoms. The molecule has 0 unspecified atom stereocenters. The van der Waals surface area contributed by atoms with Crippen molar-refractivity contribution in [2.75, 3.05) is 26.2 Å². The van der Waals surface area contributed by atoms with Crippen LogP contribution < -0.4 is 0 Å². The van der Waals surface area contributed by atoms with Gasteiger partial charge in [-0.05, 0) is 34.2 Å². The molecule has 0 N–H and O–H groups in total. The fourth-order valence-corrected chi connectivity index (χ4v) is 3.93. The zero-order valence-electron chi connectivity index (χ0n) is 18.9. The van der Waals surface area contributed by atoms with Gasteiger partial charge in [-0.1, -0.05) is 51.1 Å². The van der Waals surface area contributed by atoms with E-state index in [9.17, 15) is 19.7 Å². The third kappa shape index (κ3) is 5.04. The molecule has 7 heteroatoms. The van der Waals surface area contributed by atoms with Gasteiger partial charge in [0.2, 0.25) is 11.8 Å². The van der Waals surface area contributed by atoms with Crippen LogP contribution in [-0.4, -0.2) is 52.7 Å². The fourth-order valence-electron chi connectivity index (χ4n) is 3.93. The summed E-state index contributed by atoms with van der Waals surface area (Å²) in [5.41, 5.74) is 2.42. The second kappa shape index (κ2) is 9.34. The van der Waals surface area contributed by atoms with Crippen molar-refractivity contribution < 1.29 is 14.5 Å². The van der Waals surface area contributed by atoms with E-state index in [0.29, 0.717) is 37.3 Å². The molecule has 0 aromatic heterocycles. The molecule has 0 aliphatic carbocycles. The fraction of sp³-hybridized carbons (Fsp3) is 0.360. The maximum Gasteiger partial charge on any atom is 0.285 e. The average Bonchev–Trinajstić information content (AvgIpc) is 2.76. The molecule has 2 aromatic rings. The Morgan fingerprint density at radius 3 is 2.28 bits per heavy atom. The van der Waals surface area contributed by atoms with Crippen molar-refractivity contribution in [2.45, 2.75) is 33.1 Å². The van der Waals surface area contributed by atoms with Crippen molar-refractivity contribution in [1.82, 2.24) is 9.80 Å².